The largest absolute Gasteiger partial charge is 0.396 e. The van der Waals surface area contributed by atoms with Crippen molar-refractivity contribution in [2.24, 2.45) is 0 Å². The SMILES string of the molecule is Cc1nn(CCn2ccc3ccccc32)c(C)c1N. The minimum absolute atomic E-state index is 0.803. The molecule has 2 N–H and O–H groups in total. The van der Waals surface area contributed by atoms with Crippen LogP contribution in [0.2, 0.25) is 0 Å². The number of rotatable bonds is 3. The maximum absolute atomic E-state index is 5.95. The summed E-state index contributed by atoms with van der Waals surface area (Å²) in [7, 11) is 0. The van der Waals surface area contributed by atoms with Gasteiger partial charge in [0.2, 0.25) is 0 Å². The third-order valence-corrected chi connectivity index (χ3v) is 3.67. The number of fused-ring (bicyclic) bond motifs is 1. The predicted molar refractivity (Wildman–Crippen MR) is 78.1 cm³/mol. The summed E-state index contributed by atoms with van der Waals surface area (Å²) in [6, 6.07) is 10.6. The standard InChI is InChI=1S/C15H18N4/c1-11-15(16)12(2)19(17-11)10-9-18-8-7-13-5-3-4-6-14(13)18/h3-8H,9-10,16H2,1-2H3. The molecule has 0 bridgehead atoms. The van der Waals surface area contributed by atoms with Gasteiger partial charge in [0.15, 0.2) is 0 Å². The highest BCUT2D eigenvalue weighted by atomic mass is 15.3. The lowest BCUT2D eigenvalue weighted by Crippen LogP contribution is -2.09. The summed E-state index contributed by atoms with van der Waals surface area (Å²) in [5.74, 6) is 0. The molecule has 0 aliphatic rings. The van der Waals surface area contributed by atoms with Crippen LogP contribution in [-0.2, 0) is 13.1 Å². The number of nitrogens with zero attached hydrogens (tertiary/aromatic N) is 3. The number of hydrogen-bond donors (Lipinski definition) is 1. The summed E-state index contributed by atoms with van der Waals surface area (Å²) in [5.41, 5.74) is 9.98. The number of nitrogens with two attached hydrogens (primary N) is 1. The van der Waals surface area contributed by atoms with Crippen LogP contribution in [0.4, 0.5) is 5.69 Å². The monoisotopic (exact) mass is 254 g/mol. The van der Waals surface area contributed by atoms with Gasteiger partial charge >= 0.3 is 0 Å². The maximum Gasteiger partial charge on any atom is 0.0825 e. The highest BCUT2D eigenvalue weighted by molar-refractivity contribution is 5.79. The van der Waals surface area contributed by atoms with Crippen molar-refractivity contribution < 1.29 is 0 Å². The van der Waals surface area contributed by atoms with E-state index in [1.165, 1.54) is 10.9 Å². The quantitative estimate of drug-likeness (QED) is 0.781. The Labute approximate surface area is 112 Å². The van der Waals surface area contributed by atoms with Gasteiger partial charge in [-0.2, -0.15) is 5.10 Å². The van der Waals surface area contributed by atoms with Crippen LogP contribution in [-0.4, -0.2) is 14.3 Å². The van der Waals surface area contributed by atoms with Crippen LogP contribution in [0.25, 0.3) is 10.9 Å². The van der Waals surface area contributed by atoms with E-state index in [1.807, 2.05) is 18.5 Å². The first-order valence-corrected chi connectivity index (χ1v) is 6.50. The maximum atomic E-state index is 5.95. The van der Waals surface area contributed by atoms with E-state index >= 15 is 0 Å². The first-order chi connectivity index (χ1) is 9.16. The number of aryl methyl sites for hydroxylation is 3. The van der Waals surface area contributed by atoms with Gasteiger partial charge in [-0.1, -0.05) is 18.2 Å². The predicted octanol–water partition coefficient (Wildman–Crippen LogP) is 2.74. The average molecular weight is 254 g/mol. The zero-order valence-electron chi connectivity index (χ0n) is 11.3. The Bertz CT molecular complexity index is 721. The van der Waals surface area contributed by atoms with Gasteiger partial charge < -0.3 is 10.3 Å². The first-order valence-electron chi connectivity index (χ1n) is 6.50. The third-order valence-electron chi connectivity index (χ3n) is 3.67. The van der Waals surface area contributed by atoms with Crippen LogP contribution in [0, 0.1) is 13.8 Å². The number of para-hydroxylation sites is 1. The van der Waals surface area contributed by atoms with Crippen LogP contribution >= 0.6 is 0 Å². The molecule has 0 aliphatic heterocycles. The molecule has 4 heteroatoms. The molecule has 0 unspecified atom stereocenters. The van der Waals surface area contributed by atoms with E-state index in [2.05, 4.69) is 46.2 Å². The van der Waals surface area contributed by atoms with E-state index in [9.17, 15) is 0 Å². The Balaban J connectivity index is 1.84. The van der Waals surface area contributed by atoms with Gasteiger partial charge in [-0.3, -0.25) is 4.68 Å². The van der Waals surface area contributed by atoms with Crippen molar-refractivity contribution in [3.05, 3.63) is 47.9 Å². The molecule has 2 heterocycles. The Morgan fingerprint density at radius 3 is 2.63 bits per heavy atom. The Morgan fingerprint density at radius 1 is 1.11 bits per heavy atom. The topological polar surface area (TPSA) is 48.8 Å². The van der Waals surface area contributed by atoms with Crippen LogP contribution < -0.4 is 5.73 Å². The van der Waals surface area contributed by atoms with Crippen LogP contribution in [0.1, 0.15) is 11.4 Å². The molecule has 2 aromatic heterocycles. The second-order valence-electron chi connectivity index (χ2n) is 4.88. The van der Waals surface area contributed by atoms with E-state index in [-0.39, 0.29) is 0 Å². The minimum atomic E-state index is 0.803. The highest BCUT2D eigenvalue weighted by Crippen LogP contribution is 2.17. The summed E-state index contributed by atoms with van der Waals surface area (Å²) in [6.07, 6.45) is 2.12. The van der Waals surface area contributed by atoms with E-state index in [0.717, 1.165) is 30.2 Å². The van der Waals surface area contributed by atoms with E-state index in [0.29, 0.717) is 0 Å². The molecule has 0 saturated heterocycles. The fourth-order valence-corrected chi connectivity index (χ4v) is 2.47. The highest BCUT2D eigenvalue weighted by Gasteiger charge is 2.08. The summed E-state index contributed by atoms with van der Waals surface area (Å²) < 4.78 is 4.24. The van der Waals surface area contributed by atoms with Crippen molar-refractivity contribution in [3.8, 4) is 0 Å². The lowest BCUT2D eigenvalue weighted by Gasteiger charge is -2.07. The summed E-state index contributed by atoms with van der Waals surface area (Å²) in [5, 5.41) is 5.74. The first kappa shape index (κ1) is 11.8. The van der Waals surface area contributed by atoms with Gasteiger partial charge in [0, 0.05) is 18.3 Å². The number of anilines is 1. The Morgan fingerprint density at radius 2 is 1.89 bits per heavy atom. The van der Waals surface area contributed by atoms with Crippen molar-refractivity contribution in [1.29, 1.82) is 0 Å². The molecule has 4 nitrogen and oxygen atoms in total. The van der Waals surface area contributed by atoms with Gasteiger partial charge in [-0.25, -0.2) is 0 Å². The van der Waals surface area contributed by atoms with E-state index < -0.39 is 0 Å². The van der Waals surface area contributed by atoms with Gasteiger partial charge in [-0.15, -0.1) is 0 Å². The number of nitrogen functional groups attached to an aromatic ring is 1. The van der Waals surface area contributed by atoms with Crippen LogP contribution in [0.15, 0.2) is 36.5 Å². The molecule has 0 spiro atoms. The lowest BCUT2D eigenvalue weighted by atomic mass is 10.2. The van der Waals surface area contributed by atoms with Crippen LogP contribution in [0.5, 0.6) is 0 Å². The Kier molecular flexibility index (Phi) is 2.78. The van der Waals surface area contributed by atoms with Crippen molar-refractivity contribution in [2.75, 3.05) is 5.73 Å². The number of benzene rings is 1. The van der Waals surface area contributed by atoms with Crippen molar-refractivity contribution in [3.63, 3.8) is 0 Å². The lowest BCUT2D eigenvalue weighted by molar-refractivity contribution is 0.530. The smallest absolute Gasteiger partial charge is 0.0825 e. The molecular formula is C15H18N4. The van der Waals surface area contributed by atoms with Crippen LogP contribution in [0.3, 0.4) is 0 Å². The van der Waals surface area contributed by atoms with Gasteiger partial charge in [-0.05, 0) is 31.4 Å². The molecule has 0 fully saturated rings. The molecular weight excluding hydrogens is 236 g/mol. The second-order valence-corrected chi connectivity index (χ2v) is 4.88. The van der Waals surface area contributed by atoms with Crippen molar-refractivity contribution >= 4 is 16.6 Å². The Hall–Kier alpha value is -2.23. The number of aromatic nitrogens is 3. The zero-order valence-corrected chi connectivity index (χ0v) is 11.3. The van der Waals surface area contributed by atoms with Gasteiger partial charge in [0.25, 0.3) is 0 Å². The molecule has 1 aromatic carbocycles. The molecule has 0 saturated carbocycles. The summed E-state index contributed by atoms with van der Waals surface area (Å²) in [6.45, 7) is 5.70. The third kappa shape index (κ3) is 1.99. The molecule has 3 rings (SSSR count). The minimum Gasteiger partial charge on any atom is -0.396 e. The normalized spacial score (nSPS) is 11.3. The molecule has 0 aliphatic carbocycles. The van der Waals surface area contributed by atoms with Crippen molar-refractivity contribution in [2.45, 2.75) is 26.9 Å². The molecule has 3 aromatic rings. The molecule has 19 heavy (non-hydrogen) atoms. The van der Waals surface area contributed by atoms with Gasteiger partial charge in [0.1, 0.15) is 0 Å². The fraction of sp³-hybridized carbons (Fsp3) is 0.267. The zero-order chi connectivity index (χ0) is 13.4. The molecule has 0 radical (unpaired) electrons. The summed E-state index contributed by atoms with van der Waals surface area (Å²) in [4.78, 5) is 0. The van der Waals surface area contributed by atoms with Gasteiger partial charge in [0.05, 0.1) is 23.6 Å². The molecule has 98 valence electrons. The van der Waals surface area contributed by atoms with E-state index in [4.69, 9.17) is 5.73 Å². The van der Waals surface area contributed by atoms with Crippen molar-refractivity contribution in [1.82, 2.24) is 14.3 Å². The number of hydrogen-bond acceptors (Lipinski definition) is 2. The van der Waals surface area contributed by atoms with E-state index in [1.54, 1.807) is 0 Å². The molecule has 0 amide bonds. The fourth-order valence-electron chi connectivity index (χ4n) is 2.47. The second kappa shape index (κ2) is 4.46. The molecule has 0 atom stereocenters. The summed E-state index contributed by atoms with van der Waals surface area (Å²) >= 11 is 0. The average Bonchev–Trinajstić information content (AvgIpc) is 2.94.